The van der Waals surface area contributed by atoms with Crippen molar-refractivity contribution in [2.45, 2.75) is 39.5 Å². The maximum atomic E-state index is 12.8. The van der Waals surface area contributed by atoms with Crippen molar-refractivity contribution < 1.29 is 9.21 Å². The number of rotatable bonds is 6. The lowest BCUT2D eigenvalue weighted by atomic mass is 9.87. The number of anilines is 1. The number of carbonyl (C=O) groups is 1. The first kappa shape index (κ1) is 21.6. The summed E-state index contributed by atoms with van der Waals surface area (Å²) >= 11 is 0. The van der Waals surface area contributed by atoms with Crippen LogP contribution in [-0.2, 0) is 5.41 Å². The van der Waals surface area contributed by atoms with Crippen LogP contribution < -0.4 is 10.2 Å². The largest absolute Gasteiger partial charge is 0.435 e. The van der Waals surface area contributed by atoms with Gasteiger partial charge in [-0.05, 0) is 41.7 Å². The standard InChI is InChI=1S/C25H31N3O2/c1-7-15-26-23(29)21-22(18-9-8-10-20(16-18)28(5)6)30-24(27-21)17-11-13-19(14-12-17)25(2,3)4/h8-14,16H,7,15H2,1-6H3,(H,26,29). The Morgan fingerprint density at radius 2 is 1.77 bits per heavy atom. The summed E-state index contributed by atoms with van der Waals surface area (Å²) in [6.45, 7) is 9.16. The Morgan fingerprint density at radius 3 is 2.37 bits per heavy atom. The van der Waals surface area contributed by atoms with Gasteiger partial charge in [0.15, 0.2) is 11.5 Å². The van der Waals surface area contributed by atoms with Gasteiger partial charge in [0, 0.05) is 37.5 Å². The second kappa shape index (κ2) is 8.74. The summed E-state index contributed by atoms with van der Waals surface area (Å²) in [5.74, 6) is 0.716. The third-order valence-electron chi connectivity index (χ3n) is 5.00. The van der Waals surface area contributed by atoms with Gasteiger partial charge in [-0.3, -0.25) is 4.79 Å². The van der Waals surface area contributed by atoms with Gasteiger partial charge in [0.25, 0.3) is 5.91 Å². The van der Waals surface area contributed by atoms with Gasteiger partial charge in [0.05, 0.1) is 0 Å². The summed E-state index contributed by atoms with van der Waals surface area (Å²) in [6, 6.07) is 16.1. The van der Waals surface area contributed by atoms with Gasteiger partial charge < -0.3 is 14.6 Å². The van der Waals surface area contributed by atoms with E-state index in [-0.39, 0.29) is 11.3 Å². The molecule has 1 aromatic heterocycles. The average Bonchev–Trinajstić information content (AvgIpc) is 3.17. The maximum Gasteiger partial charge on any atom is 0.273 e. The van der Waals surface area contributed by atoms with Crippen molar-refractivity contribution in [3.63, 3.8) is 0 Å². The van der Waals surface area contributed by atoms with Crippen LogP contribution in [0.5, 0.6) is 0 Å². The topological polar surface area (TPSA) is 58.4 Å². The van der Waals surface area contributed by atoms with Gasteiger partial charge >= 0.3 is 0 Å². The highest BCUT2D eigenvalue weighted by atomic mass is 16.4. The van der Waals surface area contributed by atoms with Crippen LogP contribution in [0, 0.1) is 0 Å². The smallest absolute Gasteiger partial charge is 0.273 e. The molecule has 3 aromatic rings. The first-order valence-electron chi connectivity index (χ1n) is 10.4. The second-order valence-corrected chi connectivity index (χ2v) is 8.72. The first-order valence-corrected chi connectivity index (χ1v) is 10.4. The summed E-state index contributed by atoms with van der Waals surface area (Å²) in [6.07, 6.45) is 0.857. The molecule has 1 amide bonds. The lowest BCUT2D eigenvalue weighted by Crippen LogP contribution is -2.24. The normalized spacial score (nSPS) is 11.4. The van der Waals surface area contributed by atoms with Crippen molar-refractivity contribution >= 4 is 11.6 Å². The Bertz CT molecular complexity index is 1010. The van der Waals surface area contributed by atoms with Crippen LogP contribution in [0.15, 0.2) is 52.9 Å². The van der Waals surface area contributed by atoms with E-state index in [9.17, 15) is 4.79 Å². The third-order valence-corrected chi connectivity index (χ3v) is 5.00. The predicted octanol–water partition coefficient (Wildman–Crippen LogP) is 5.51. The number of aromatic nitrogens is 1. The molecular weight excluding hydrogens is 374 g/mol. The SMILES string of the molecule is CCCNC(=O)c1nc(-c2ccc(C(C)(C)C)cc2)oc1-c1cccc(N(C)C)c1. The fourth-order valence-corrected chi connectivity index (χ4v) is 3.15. The van der Waals surface area contributed by atoms with E-state index in [0.717, 1.165) is 23.2 Å². The number of hydrogen-bond donors (Lipinski definition) is 1. The fraction of sp³-hybridized carbons (Fsp3) is 0.360. The molecule has 0 atom stereocenters. The molecule has 3 rings (SSSR count). The Morgan fingerprint density at radius 1 is 1.07 bits per heavy atom. The zero-order valence-corrected chi connectivity index (χ0v) is 18.7. The lowest BCUT2D eigenvalue weighted by molar-refractivity contribution is 0.0949. The number of nitrogens with one attached hydrogen (secondary N) is 1. The molecule has 1 heterocycles. The summed E-state index contributed by atoms with van der Waals surface area (Å²) in [5, 5.41) is 2.92. The van der Waals surface area contributed by atoms with Crippen molar-refractivity contribution in [2.24, 2.45) is 0 Å². The zero-order chi connectivity index (χ0) is 21.9. The molecule has 30 heavy (non-hydrogen) atoms. The number of amides is 1. The van der Waals surface area contributed by atoms with E-state index in [1.54, 1.807) is 0 Å². The molecule has 5 nitrogen and oxygen atoms in total. The van der Waals surface area contributed by atoms with Gasteiger partial charge in [-0.1, -0.05) is 52.0 Å². The minimum atomic E-state index is -0.219. The van der Waals surface area contributed by atoms with Crippen LogP contribution >= 0.6 is 0 Å². The van der Waals surface area contributed by atoms with Crippen molar-refractivity contribution in [1.29, 1.82) is 0 Å². The molecule has 0 bridgehead atoms. The molecule has 0 unspecified atom stereocenters. The molecule has 0 spiro atoms. The molecule has 0 saturated heterocycles. The van der Waals surface area contributed by atoms with Crippen molar-refractivity contribution in [3.05, 3.63) is 59.8 Å². The predicted molar refractivity (Wildman–Crippen MR) is 123 cm³/mol. The maximum absolute atomic E-state index is 12.8. The number of nitrogens with zero attached hydrogens (tertiary/aromatic N) is 2. The van der Waals surface area contributed by atoms with Gasteiger partial charge in [-0.15, -0.1) is 0 Å². The Kier molecular flexibility index (Phi) is 6.30. The van der Waals surface area contributed by atoms with E-state index in [0.29, 0.717) is 23.9 Å². The minimum Gasteiger partial charge on any atom is -0.435 e. The van der Waals surface area contributed by atoms with Crippen LogP contribution in [0.2, 0.25) is 0 Å². The van der Waals surface area contributed by atoms with E-state index < -0.39 is 0 Å². The van der Waals surface area contributed by atoms with Crippen molar-refractivity contribution in [1.82, 2.24) is 10.3 Å². The molecule has 158 valence electrons. The molecular formula is C25H31N3O2. The second-order valence-electron chi connectivity index (χ2n) is 8.72. The molecule has 2 aromatic carbocycles. The molecule has 0 aliphatic rings. The molecule has 0 aliphatic carbocycles. The van der Waals surface area contributed by atoms with Crippen LogP contribution in [0.1, 0.15) is 50.2 Å². The number of hydrogen-bond acceptors (Lipinski definition) is 4. The highest BCUT2D eigenvalue weighted by molar-refractivity contribution is 5.98. The number of benzene rings is 2. The Labute approximate surface area is 179 Å². The first-order chi connectivity index (χ1) is 14.2. The highest BCUT2D eigenvalue weighted by Gasteiger charge is 2.23. The van der Waals surface area contributed by atoms with Gasteiger partial charge in [0.1, 0.15) is 0 Å². The van der Waals surface area contributed by atoms with Gasteiger partial charge in [-0.25, -0.2) is 4.98 Å². The van der Waals surface area contributed by atoms with E-state index in [1.807, 2.05) is 62.3 Å². The minimum absolute atomic E-state index is 0.0676. The fourth-order valence-electron chi connectivity index (χ4n) is 3.15. The van der Waals surface area contributed by atoms with Gasteiger partial charge in [0.2, 0.25) is 5.89 Å². The van der Waals surface area contributed by atoms with Crippen LogP contribution in [0.3, 0.4) is 0 Å². The molecule has 1 N–H and O–H groups in total. The van der Waals surface area contributed by atoms with Crippen molar-refractivity contribution in [2.75, 3.05) is 25.5 Å². The summed E-state index contributed by atoms with van der Waals surface area (Å²) in [7, 11) is 3.97. The molecule has 0 fully saturated rings. The van der Waals surface area contributed by atoms with Gasteiger partial charge in [-0.2, -0.15) is 0 Å². The highest BCUT2D eigenvalue weighted by Crippen LogP contribution is 2.33. The molecule has 0 aliphatic heterocycles. The summed E-state index contributed by atoms with van der Waals surface area (Å²) in [5.41, 5.74) is 4.32. The third kappa shape index (κ3) is 4.73. The number of carbonyl (C=O) groups excluding carboxylic acids is 1. The summed E-state index contributed by atoms with van der Waals surface area (Å²) in [4.78, 5) is 19.4. The lowest BCUT2D eigenvalue weighted by Gasteiger charge is -2.18. The van der Waals surface area contributed by atoms with E-state index in [4.69, 9.17) is 4.42 Å². The van der Waals surface area contributed by atoms with E-state index in [2.05, 4.69) is 43.2 Å². The van der Waals surface area contributed by atoms with Crippen LogP contribution in [0.4, 0.5) is 5.69 Å². The van der Waals surface area contributed by atoms with Crippen molar-refractivity contribution in [3.8, 4) is 22.8 Å². The zero-order valence-electron chi connectivity index (χ0n) is 18.7. The Balaban J connectivity index is 2.06. The van der Waals surface area contributed by atoms with E-state index in [1.165, 1.54) is 5.56 Å². The average molecular weight is 406 g/mol. The van der Waals surface area contributed by atoms with Crippen LogP contribution in [0.25, 0.3) is 22.8 Å². The molecule has 0 radical (unpaired) electrons. The molecule has 5 heteroatoms. The summed E-state index contributed by atoms with van der Waals surface area (Å²) < 4.78 is 6.16. The monoisotopic (exact) mass is 405 g/mol. The van der Waals surface area contributed by atoms with E-state index >= 15 is 0 Å². The molecule has 0 saturated carbocycles. The Hall–Kier alpha value is -3.08. The quantitative estimate of drug-likeness (QED) is 0.587. The van der Waals surface area contributed by atoms with Crippen LogP contribution in [-0.4, -0.2) is 31.5 Å². The number of oxazole rings is 1.